The molecule has 3 rings (SSSR count). The van der Waals surface area contributed by atoms with Crippen LogP contribution in [-0.4, -0.2) is 21.7 Å². The third-order valence-electron chi connectivity index (χ3n) is 3.20. The number of non-ortho nitro benzene ring substituents is 1. The summed E-state index contributed by atoms with van der Waals surface area (Å²) in [5.74, 6) is -0.603. The van der Waals surface area contributed by atoms with Gasteiger partial charge in [0.15, 0.2) is 5.13 Å². The number of thiophene rings is 1. The smallest absolute Gasteiger partial charge is 0.271 e. The third kappa shape index (κ3) is 4.49. The fraction of sp³-hybridized carbons (Fsp3) is 0.0625. The first kappa shape index (κ1) is 17.7. The van der Waals surface area contributed by atoms with Crippen molar-refractivity contribution in [1.29, 1.82) is 0 Å². The molecule has 8 nitrogen and oxygen atoms in total. The third-order valence-corrected chi connectivity index (χ3v) is 4.87. The number of aromatic nitrogens is 1. The fourth-order valence-corrected chi connectivity index (χ4v) is 3.40. The number of nitrogens with zero attached hydrogens (tertiary/aromatic N) is 2. The Morgan fingerprint density at radius 1 is 1.15 bits per heavy atom. The molecule has 132 valence electrons. The molecule has 0 atom stereocenters. The van der Waals surface area contributed by atoms with Crippen LogP contribution in [0.3, 0.4) is 0 Å². The highest BCUT2D eigenvalue weighted by Gasteiger charge is 2.13. The number of nitro benzene ring substituents is 1. The highest BCUT2D eigenvalue weighted by atomic mass is 32.1. The molecule has 3 aromatic rings. The summed E-state index contributed by atoms with van der Waals surface area (Å²) in [5, 5.41) is 19.9. The van der Waals surface area contributed by atoms with Crippen LogP contribution < -0.4 is 10.6 Å². The van der Waals surface area contributed by atoms with Gasteiger partial charge in [-0.1, -0.05) is 12.1 Å². The Morgan fingerprint density at radius 2 is 2.00 bits per heavy atom. The monoisotopic (exact) mass is 388 g/mol. The molecule has 0 saturated heterocycles. The highest BCUT2D eigenvalue weighted by Crippen LogP contribution is 2.20. The van der Waals surface area contributed by atoms with E-state index in [1.54, 1.807) is 29.0 Å². The lowest BCUT2D eigenvalue weighted by Crippen LogP contribution is -2.15. The van der Waals surface area contributed by atoms with Gasteiger partial charge in [-0.15, -0.1) is 22.7 Å². The van der Waals surface area contributed by atoms with E-state index in [0.717, 1.165) is 0 Å². The number of benzene rings is 1. The maximum atomic E-state index is 12.1. The fourth-order valence-electron chi connectivity index (χ4n) is 2.08. The molecular formula is C16H12N4O4S2. The van der Waals surface area contributed by atoms with Gasteiger partial charge in [0.1, 0.15) is 0 Å². The standard InChI is InChI=1S/C16H12N4O4S2/c21-14(17-10-3-1-4-12(7-10)20(23)24)8-11-9-26-16(18-11)19-15(22)13-5-2-6-25-13/h1-7,9H,8H2,(H,17,21)(H,18,19,22). The predicted molar refractivity (Wildman–Crippen MR) is 99.8 cm³/mol. The second-order valence-electron chi connectivity index (χ2n) is 5.11. The molecule has 0 aliphatic carbocycles. The molecule has 0 fully saturated rings. The number of amides is 2. The van der Waals surface area contributed by atoms with E-state index in [0.29, 0.717) is 21.4 Å². The van der Waals surface area contributed by atoms with Crippen LogP contribution in [0.25, 0.3) is 0 Å². The van der Waals surface area contributed by atoms with Gasteiger partial charge in [0.05, 0.1) is 21.9 Å². The summed E-state index contributed by atoms with van der Waals surface area (Å²) in [4.78, 5) is 39.1. The van der Waals surface area contributed by atoms with Crippen molar-refractivity contribution in [1.82, 2.24) is 4.98 Å². The normalized spacial score (nSPS) is 10.3. The maximum absolute atomic E-state index is 12.1. The van der Waals surface area contributed by atoms with Crippen LogP contribution in [0, 0.1) is 10.1 Å². The van der Waals surface area contributed by atoms with Crippen molar-refractivity contribution in [3.63, 3.8) is 0 Å². The minimum absolute atomic E-state index is 0.00589. The predicted octanol–water partition coefficient (Wildman–Crippen LogP) is 3.55. The zero-order valence-corrected chi connectivity index (χ0v) is 14.8. The summed E-state index contributed by atoms with van der Waals surface area (Å²) in [6.07, 6.45) is -0.00589. The zero-order chi connectivity index (χ0) is 18.5. The number of thiazole rings is 1. The molecule has 2 N–H and O–H groups in total. The average Bonchev–Trinajstić information content (AvgIpc) is 3.27. The summed E-state index contributed by atoms with van der Waals surface area (Å²) in [6.45, 7) is 0. The summed E-state index contributed by atoms with van der Waals surface area (Å²) in [6, 6.07) is 9.18. The molecule has 0 aliphatic rings. The van der Waals surface area contributed by atoms with Gasteiger partial charge in [0, 0.05) is 23.2 Å². The molecule has 0 unspecified atom stereocenters. The quantitative estimate of drug-likeness (QED) is 0.495. The average molecular weight is 388 g/mol. The van der Waals surface area contributed by atoms with Crippen LogP contribution in [-0.2, 0) is 11.2 Å². The topological polar surface area (TPSA) is 114 Å². The van der Waals surface area contributed by atoms with Gasteiger partial charge in [-0.05, 0) is 17.5 Å². The lowest BCUT2D eigenvalue weighted by Gasteiger charge is -2.03. The Bertz CT molecular complexity index is 953. The molecule has 2 heterocycles. The van der Waals surface area contributed by atoms with Crippen molar-refractivity contribution in [2.45, 2.75) is 6.42 Å². The Labute approximate surface area is 155 Å². The maximum Gasteiger partial charge on any atom is 0.271 e. The minimum atomic E-state index is -0.529. The first-order valence-corrected chi connectivity index (χ1v) is 9.11. The van der Waals surface area contributed by atoms with Crippen molar-refractivity contribution in [2.75, 3.05) is 10.6 Å². The molecule has 2 aromatic heterocycles. The van der Waals surface area contributed by atoms with Crippen molar-refractivity contribution in [3.05, 3.63) is 67.8 Å². The van der Waals surface area contributed by atoms with E-state index >= 15 is 0 Å². The Morgan fingerprint density at radius 3 is 2.73 bits per heavy atom. The zero-order valence-electron chi connectivity index (χ0n) is 13.2. The number of hydrogen-bond acceptors (Lipinski definition) is 7. The van der Waals surface area contributed by atoms with Crippen LogP contribution in [0.2, 0.25) is 0 Å². The van der Waals surface area contributed by atoms with Gasteiger partial charge in [-0.25, -0.2) is 4.98 Å². The highest BCUT2D eigenvalue weighted by molar-refractivity contribution is 7.14. The molecule has 26 heavy (non-hydrogen) atoms. The number of rotatable bonds is 6. The van der Waals surface area contributed by atoms with Gasteiger partial charge >= 0.3 is 0 Å². The number of carbonyl (C=O) groups is 2. The van der Waals surface area contributed by atoms with Gasteiger partial charge in [-0.3, -0.25) is 25.0 Å². The van der Waals surface area contributed by atoms with Crippen LogP contribution >= 0.6 is 22.7 Å². The molecule has 0 saturated carbocycles. The van der Waals surface area contributed by atoms with Gasteiger partial charge < -0.3 is 5.32 Å². The molecule has 0 radical (unpaired) electrons. The van der Waals surface area contributed by atoms with E-state index in [1.807, 2.05) is 0 Å². The number of nitrogens with one attached hydrogen (secondary N) is 2. The van der Waals surface area contributed by atoms with Crippen LogP contribution in [0.1, 0.15) is 15.4 Å². The van der Waals surface area contributed by atoms with E-state index in [2.05, 4.69) is 15.6 Å². The molecule has 10 heteroatoms. The van der Waals surface area contributed by atoms with Gasteiger partial charge in [0.25, 0.3) is 11.6 Å². The number of carbonyl (C=O) groups excluding carboxylic acids is 2. The summed E-state index contributed by atoms with van der Waals surface area (Å²) in [5.41, 5.74) is 0.736. The SMILES string of the molecule is O=C(Cc1csc(NC(=O)c2cccs2)n1)Nc1cccc([N+](=O)[O-])c1. The Balaban J connectivity index is 1.58. The molecule has 2 amide bonds. The lowest BCUT2D eigenvalue weighted by molar-refractivity contribution is -0.384. The summed E-state index contributed by atoms with van der Waals surface area (Å²) < 4.78 is 0. The van der Waals surface area contributed by atoms with E-state index in [4.69, 9.17) is 0 Å². The number of nitro groups is 1. The van der Waals surface area contributed by atoms with Crippen molar-refractivity contribution < 1.29 is 14.5 Å². The van der Waals surface area contributed by atoms with E-state index in [9.17, 15) is 19.7 Å². The first-order chi connectivity index (χ1) is 12.5. The number of hydrogen-bond donors (Lipinski definition) is 2. The molecule has 0 spiro atoms. The molecule has 0 bridgehead atoms. The first-order valence-electron chi connectivity index (χ1n) is 7.35. The van der Waals surface area contributed by atoms with Crippen LogP contribution in [0.15, 0.2) is 47.2 Å². The summed E-state index contributed by atoms with van der Waals surface area (Å²) >= 11 is 2.55. The molecular weight excluding hydrogens is 376 g/mol. The second-order valence-corrected chi connectivity index (χ2v) is 6.91. The lowest BCUT2D eigenvalue weighted by atomic mass is 10.2. The Hall–Kier alpha value is -3.11. The van der Waals surface area contributed by atoms with E-state index in [1.165, 1.54) is 40.9 Å². The number of anilines is 2. The second kappa shape index (κ2) is 7.85. The minimum Gasteiger partial charge on any atom is -0.325 e. The van der Waals surface area contributed by atoms with Gasteiger partial charge in [0.2, 0.25) is 5.91 Å². The van der Waals surface area contributed by atoms with Crippen molar-refractivity contribution in [3.8, 4) is 0 Å². The van der Waals surface area contributed by atoms with Crippen LogP contribution in [0.4, 0.5) is 16.5 Å². The van der Waals surface area contributed by atoms with Crippen LogP contribution in [0.5, 0.6) is 0 Å². The van der Waals surface area contributed by atoms with E-state index < -0.39 is 4.92 Å². The van der Waals surface area contributed by atoms with E-state index in [-0.39, 0.29) is 23.9 Å². The molecule has 0 aliphatic heterocycles. The van der Waals surface area contributed by atoms with Crippen molar-refractivity contribution >= 4 is 51.0 Å². The van der Waals surface area contributed by atoms with Crippen molar-refractivity contribution in [2.24, 2.45) is 0 Å². The van der Waals surface area contributed by atoms with Gasteiger partial charge in [-0.2, -0.15) is 0 Å². The Kier molecular flexibility index (Phi) is 5.34. The largest absolute Gasteiger partial charge is 0.325 e. The molecule has 1 aromatic carbocycles. The summed E-state index contributed by atoms with van der Waals surface area (Å²) in [7, 11) is 0.